The predicted molar refractivity (Wildman–Crippen MR) is 115 cm³/mol. The van der Waals surface area contributed by atoms with Gasteiger partial charge in [-0.15, -0.1) is 0 Å². The molecule has 0 saturated carbocycles. The van der Waals surface area contributed by atoms with Gasteiger partial charge in [0.15, 0.2) is 0 Å². The molecule has 1 fully saturated rings. The molecule has 27 heavy (non-hydrogen) atoms. The largest absolute Gasteiger partial charge is 0.369 e. The number of rotatable bonds is 5. The van der Waals surface area contributed by atoms with Crippen LogP contribution in [0.4, 0.5) is 5.82 Å². The molecule has 3 rings (SSSR count). The zero-order chi connectivity index (χ0) is 19.7. The van der Waals surface area contributed by atoms with Crippen molar-refractivity contribution < 1.29 is 4.79 Å². The van der Waals surface area contributed by atoms with E-state index in [1.165, 1.54) is 21.1 Å². The van der Waals surface area contributed by atoms with Crippen LogP contribution in [0, 0.1) is 12.8 Å². The molecule has 0 spiro atoms. The number of aryl methyl sites for hydroxylation is 1. The fourth-order valence-electron chi connectivity index (χ4n) is 2.73. The first-order chi connectivity index (χ1) is 12.8. The average Bonchev–Trinajstić information content (AvgIpc) is 2.89. The van der Waals surface area contributed by atoms with E-state index in [1.807, 2.05) is 26.0 Å². The maximum atomic E-state index is 13.1. The second kappa shape index (κ2) is 7.82. The van der Waals surface area contributed by atoms with Crippen LogP contribution in [0.25, 0.3) is 11.7 Å². The van der Waals surface area contributed by atoms with Crippen molar-refractivity contribution in [2.75, 3.05) is 18.4 Å². The first kappa shape index (κ1) is 19.6. The summed E-state index contributed by atoms with van der Waals surface area (Å²) >= 11 is 6.48. The Kier molecular flexibility index (Phi) is 5.67. The lowest BCUT2D eigenvalue weighted by molar-refractivity contribution is -0.121. The molecule has 2 aromatic heterocycles. The number of anilines is 1. The number of thiocarbonyl (C=S) groups is 1. The summed E-state index contributed by atoms with van der Waals surface area (Å²) < 4.78 is 2.03. The van der Waals surface area contributed by atoms with Crippen LogP contribution in [0.15, 0.2) is 28.0 Å². The second-order valence-electron chi connectivity index (χ2n) is 6.81. The molecule has 0 unspecified atom stereocenters. The maximum absolute atomic E-state index is 13.1. The van der Waals surface area contributed by atoms with E-state index in [9.17, 15) is 9.59 Å². The third-order valence-electron chi connectivity index (χ3n) is 4.15. The molecule has 0 radical (unpaired) electrons. The first-order valence-corrected chi connectivity index (χ1v) is 10.1. The van der Waals surface area contributed by atoms with E-state index in [4.69, 9.17) is 12.2 Å². The van der Waals surface area contributed by atoms with Crippen LogP contribution in [0.1, 0.15) is 31.9 Å². The number of fused-ring (bicyclic) bond motifs is 1. The van der Waals surface area contributed by atoms with Crippen molar-refractivity contribution in [1.82, 2.24) is 14.3 Å². The summed E-state index contributed by atoms with van der Waals surface area (Å²) in [6.07, 6.45) is 3.37. The molecule has 2 aromatic rings. The minimum Gasteiger partial charge on any atom is -0.369 e. The van der Waals surface area contributed by atoms with Crippen molar-refractivity contribution in [1.29, 1.82) is 0 Å². The summed E-state index contributed by atoms with van der Waals surface area (Å²) in [4.78, 5) is 32.3. The monoisotopic (exact) mass is 402 g/mol. The molecule has 1 N–H and O–H groups in total. The molecular formula is C19H22N4O2S2. The van der Waals surface area contributed by atoms with Gasteiger partial charge in [0.25, 0.3) is 11.5 Å². The number of pyridine rings is 1. The molecule has 142 valence electrons. The molecule has 0 aliphatic carbocycles. The Labute approximate surface area is 167 Å². The van der Waals surface area contributed by atoms with Gasteiger partial charge in [-0.05, 0) is 37.5 Å². The SMILES string of the molecule is CCN1C(=O)C(=Cc2c(NCC(C)C)nc3ccc(C)cn3c2=O)SC1=S. The van der Waals surface area contributed by atoms with E-state index in [0.717, 1.165) is 5.56 Å². The van der Waals surface area contributed by atoms with Crippen LogP contribution >= 0.6 is 24.0 Å². The Balaban J connectivity index is 2.17. The van der Waals surface area contributed by atoms with Crippen molar-refractivity contribution in [3.8, 4) is 0 Å². The van der Waals surface area contributed by atoms with Gasteiger partial charge in [0.2, 0.25) is 0 Å². The van der Waals surface area contributed by atoms with Gasteiger partial charge in [-0.2, -0.15) is 0 Å². The number of aromatic nitrogens is 2. The van der Waals surface area contributed by atoms with Crippen molar-refractivity contribution >= 4 is 51.7 Å². The van der Waals surface area contributed by atoms with Gasteiger partial charge in [-0.3, -0.25) is 18.9 Å². The summed E-state index contributed by atoms with van der Waals surface area (Å²) in [5, 5.41) is 3.25. The highest BCUT2D eigenvalue weighted by atomic mass is 32.2. The van der Waals surface area contributed by atoms with Gasteiger partial charge in [0, 0.05) is 19.3 Å². The van der Waals surface area contributed by atoms with Crippen LogP contribution in [-0.2, 0) is 4.79 Å². The van der Waals surface area contributed by atoms with Crippen molar-refractivity contribution in [3.05, 3.63) is 44.7 Å². The topological polar surface area (TPSA) is 66.7 Å². The van der Waals surface area contributed by atoms with E-state index in [1.54, 1.807) is 12.3 Å². The van der Waals surface area contributed by atoms with E-state index >= 15 is 0 Å². The van der Waals surface area contributed by atoms with Crippen LogP contribution in [-0.4, -0.2) is 37.6 Å². The van der Waals surface area contributed by atoms with E-state index in [0.29, 0.717) is 45.3 Å². The number of thioether (sulfide) groups is 1. The number of nitrogens with one attached hydrogen (secondary N) is 1. The molecule has 0 aromatic carbocycles. The zero-order valence-electron chi connectivity index (χ0n) is 15.8. The lowest BCUT2D eigenvalue weighted by Gasteiger charge is -2.13. The molecule has 0 bridgehead atoms. The molecule has 1 aliphatic rings. The molecule has 1 aliphatic heterocycles. The quantitative estimate of drug-likeness (QED) is 0.611. The van der Waals surface area contributed by atoms with Gasteiger partial charge < -0.3 is 5.32 Å². The summed E-state index contributed by atoms with van der Waals surface area (Å²) in [6, 6.07) is 3.73. The summed E-state index contributed by atoms with van der Waals surface area (Å²) in [6.45, 7) is 9.13. The van der Waals surface area contributed by atoms with Crippen LogP contribution in [0.2, 0.25) is 0 Å². The fourth-order valence-corrected chi connectivity index (χ4v) is 4.09. The smallest absolute Gasteiger partial charge is 0.267 e. The van der Waals surface area contributed by atoms with Crippen molar-refractivity contribution in [2.45, 2.75) is 27.7 Å². The minimum absolute atomic E-state index is 0.170. The highest BCUT2D eigenvalue weighted by Crippen LogP contribution is 2.32. The molecule has 8 heteroatoms. The number of hydrogen-bond acceptors (Lipinski definition) is 6. The fraction of sp³-hybridized carbons (Fsp3) is 0.368. The zero-order valence-corrected chi connectivity index (χ0v) is 17.4. The van der Waals surface area contributed by atoms with Gasteiger partial charge in [-0.25, -0.2) is 4.98 Å². The van der Waals surface area contributed by atoms with Crippen LogP contribution in [0.5, 0.6) is 0 Å². The highest BCUT2D eigenvalue weighted by Gasteiger charge is 2.31. The number of amides is 1. The molecule has 6 nitrogen and oxygen atoms in total. The highest BCUT2D eigenvalue weighted by molar-refractivity contribution is 8.26. The van der Waals surface area contributed by atoms with Gasteiger partial charge in [-0.1, -0.05) is 43.9 Å². The molecule has 0 atom stereocenters. The number of carbonyl (C=O) groups is 1. The normalized spacial score (nSPS) is 16.2. The maximum Gasteiger partial charge on any atom is 0.267 e. The first-order valence-electron chi connectivity index (χ1n) is 8.84. The second-order valence-corrected chi connectivity index (χ2v) is 8.49. The number of carbonyl (C=O) groups excluding carboxylic acids is 1. The lowest BCUT2D eigenvalue weighted by Crippen LogP contribution is -2.27. The third kappa shape index (κ3) is 3.91. The Hall–Kier alpha value is -2.19. The Morgan fingerprint density at radius 1 is 1.33 bits per heavy atom. The number of nitrogens with zero attached hydrogens (tertiary/aromatic N) is 3. The predicted octanol–water partition coefficient (Wildman–Crippen LogP) is 3.29. The molecule has 1 amide bonds. The molecule has 3 heterocycles. The summed E-state index contributed by atoms with van der Waals surface area (Å²) in [5.74, 6) is 0.699. The Morgan fingerprint density at radius 3 is 2.70 bits per heavy atom. The van der Waals surface area contributed by atoms with Gasteiger partial charge >= 0.3 is 0 Å². The average molecular weight is 403 g/mol. The Morgan fingerprint density at radius 2 is 2.07 bits per heavy atom. The van der Waals surface area contributed by atoms with Crippen LogP contribution in [0.3, 0.4) is 0 Å². The summed E-state index contributed by atoms with van der Waals surface area (Å²) in [5.41, 5.74) is 1.68. The van der Waals surface area contributed by atoms with Gasteiger partial charge in [0.05, 0.1) is 10.5 Å². The number of likely N-dealkylation sites (N-methyl/N-ethyl adjacent to an activating group) is 1. The Bertz CT molecular complexity index is 1010. The van der Waals surface area contributed by atoms with E-state index in [2.05, 4.69) is 24.1 Å². The molecular weight excluding hydrogens is 380 g/mol. The van der Waals surface area contributed by atoms with Crippen molar-refractivity contribution in [2.24, 2.45) is 5.92 Å². The van der Waals surface area contributed by atoms with E-state index in [-0.39, 0.29) is 11.5 Å². The minimum atomic E-state index is -0.211. The third-order valence-corrected chi connectivity index (χ3v) is 5.53. The van der Waals surface area contributed by atoms with E-state index < -0.39 is 0 Å². The summed E-state index contributed by atoms with van der Waals surface area (Å²) in [7, 11) is 0. The van der Waals surface area contributed by atoms with Gasteiger partial charge in [0.1, 0.15) is 15.8 Å². The van der Waals surface area contributed by atoms with Crippen LogP contribution < -0.4 is 10.9 Å². The number of hydrogen-bond donors (Lipinski definition) is 1. The molecule has 1 saturated heterocycles. The lowest BCUT2D eigenvalue weighted by atomic mass is 10.2. The standard InChI is InChI=1S/C19H22N4O2S2/c1-5-22-18(25)14(27-19(22)26)8-13-16(20-9-11(2)3)21-15-7-6-12(4)10-23(15)17(13)24/h6-8,10-11,20H,5,9H2,1-4H3. The van der Waals surface area contributed by atoms with Crippen molar-refractivity contribution in [3.63, 3.8) is 0 Å².